The molecule has 0 aliphatic rings. The molecule has 1 rings (SSSR count). The van der Waals surface area contributed by atoms with Crippen LogP contribution in [-0.4, -0.2) is 15.5 Å². The quantitative estimate of drug-likeness (QED) is 0.712. The van der Waals surface area contributed by atoms with Gasteiger partial charge in [-0.3, -0.25) is 0 Å². The highest BCUT2D eigenvalue weighted by Crippen LogP contribution is 2.19. The molecule has 62 valence electrons. The fourth-order valence-electron chi connectivity index (χ4n) is 0.812. The lowest BCUT2D eigenvalue weighted by atomic mass is 10.1. The summed E-state index contributed by atoms with van der Waals surface area (Å²) in [6, 6.07) is 1.63. The summed E-state index contributed by atoms with van der Waals surface area (Å²) in [5, 5.41) is 9.52. The lowest BCUT2D eigenvalue weighted by molar-refractivity contribution is 0.148. The van der Waals surface area contributed by atoms with E-state index in [0.29, 0.717) is 0 Å². The molecule has 0 saturated carbocycles. The van der Waals surface area contributed by atoms with Gasteiger partial charge in [0.25, 0.3) is 0 Å². The van der Waals surface area contributed by atoms with Crippen LogP contribution in [-0.2, 0) is 0 Å². The van der Waals surface area contributed by atoms with E-state index < -0.39 is 6.10 Å². The van der Waals surface area contributed by atoms with Gasteiger partial charge >= 0.3 is 0 Å². The minimum Gasteiger partial charge on any atom is -0.386 e. The van der Waals surface area contributed by atoms with E-state index in [2.05, 4.69) is 4.37 Å². The molecule has 11 heavy (non-hydrogen) atoms. The second-order valence-corrected chi connectivity index (χ2v) is 3.30. The van der Waals surface area contributed by atoms with E-state index in [1.54, 1.807) is 12.3 Å². The molecule has 0 amide bonds. The lowest BCUT2D eigenvalue weighted by Gasteiger charge is -2.14. The average molecular weight is 172 g/mol. The van der Waals surface area contributed by atoms with Gasteiger partial charge in [0.2, 0.25) is 0 Å². The topological polar surface area (TPSA) is 59.1 Å². The molecular weight excluding hydrogens is 160 g/mol. The van der Waals surface area contributed by atoms with E-state index in [1.807, 2.05) is 6.92 Å². The van der Waals surface area contributed by atoms with Crippen molar-refractivity contribution < 1.29 is 5.11 Å². The minimum atomic E-state index is -0.549. The van der Waals surface area contributed by atoms with E-state index in [4.69, 9.17) is 5.73 Å². The fraction of sp³-hybridized carbons (Fsp3) is 0.571. The van der Waals surface area contributed by atoms with Crippen LogP contribution in [0.5, 0.6) is 0 Å². The van der Waals surface area contributed by atoms with Gasteiger partial charge in [-0.25, -0.2) is 4.37 Å². The first-order valence-electron chi connectivity index (χ1n) is 3.60. The summed E-state index contributed by atoms with van der Waals surface area (Å²) in [5.41, 5.74) is 5.64. The molecule has 4 heteroatoms. The zero-order valence-corrected chi connectivity index (χ0v) is 7.21. The van der Waals surface area contributed by atoms with Crippen LogP contribution >= 0.6 is 11.5 Å². The molecule has 1 unspecified atom stereocenters. The summed E-state index contributed by atoms with van der Waals surface area (Å²) in [6.45, 7) is 1.95. The summed E-state index contributed by atoms with van der Waals surface area (Å²) < 4.78 is 3.89. The van der Waals surface area contributed by atoms with Crippen LogP contribution in [0.1, 0.15) is 24.3 Å². The highest BCUT2D eigenvalue weighted by molar-refractivity contribution is 7.05. The highest BCUT2D eigenvalue weighted by Gasteiger charge is 2.15. The number of nitrogens with two attached hydrogens (primary N) is 1. The van der Waals surface area contributed by atoms with E-state index >= 15 is 0 Å². The number of aliphatic hydroxyl groups is 1. The van der Waals surface area contributed by atoms with Gasteiger partial charge in [-0.2, -0.15) is 0 Å². The van der Waals surface area contributed by atoms with Crippen LogP contribution in [0.25, 0.3) is 0 Å². The Bertz CT molecular complexity index is 200. The van der Waals surface area contributed by atoms with E-state index in [-0.39, 0.29) is 6.04 Å². The van der Waals surface area contributed by atoms with Crippen LogP contribution in [0.15, 0.2) is 12.3 Å². The summed E-state index contributed by atoms with van der Waals surface area (Å²) >= 11 is 1.29. The molecule has 0 aliphatic carbocycles. The van der Waals surface area contributed by atoms with Crippen LogP contribution < -0.4 is 5.73 Å². The molecule has 1 heterocycles. The Hall–Kier alpha value is -0.450. The number of hydrogen-bond acceptors (Lipinski definition) is 4. The van der Waals surface area contributed by atoms with E-state index in [1.165, 1.54) is 11.5 Å². The first kappa shape index (κ1) is 8.64. The Kier molecular flexibility index (Phi) is 2.99. The minimum absolute atomic E-state index is 0.171. The summed E-state index contributed by atoms with van der Waals surface area (Å²) in [4.78, 5) is 0.847. The third-order valence-corrected chi connectivity index (χ3v) is 2.44. The number of rotatable bonds is 3. The van der Waals surface area contributed by atoms with Crippen molar-refractivity contribution in [3.05, 3.63) is 17.1 Å². The molecule has 0 spiro atoms. The molecule has 1 aromatic heterocycles. The van der Waals surface area contributed by atoms with Gasteiger partial charge in [-0.05, 0) is 24.0 Å². The Balaban J connectivity index is 2.62. The zero-order valence-electron chi connectivity index (χ0n) is 6.40. The molecule has 2 atom stereocenters. The van der Waals surface area contributed by atoms with Crippen molar-refractivity contribution in [1.82, 2.24) is 4.37 Å². The maximum atomic E-state index is 9.52. The molecule has 3 nitrogen and oxygen atoms in total. The standard InChI is InChI=1S/C7H12N2OS/c1-2-5(8)7(10)6-3-4-9-11-6/h3-5,7,10H,2,8H2,1H3/t5-,7?/m1/s1. The molecule has 0 radical (unpaired) electrons. The Morgan fingerprint density at radius 2 is 2.55 bits per heavy atom. The third-order valence-electron chi connectivity index (χ3n) is 1.63. The third kappa shape index (κ3) is 1.99. The highest BCUT2D eigenvalue weighted by atomic mass is 32.1. The number of aliphatic hydroxyl groups excluding tert-OH is 1. The SMILES string of the molecule is CC[C@@H](N)C(O)c1ccns1. The molecule has 1 aromatic rings. The van der Waals surface area contributed by atoms with Crippen molar-refractivity contribution >= 4 is 11.5 Å². The predicted octanol–water partition coefficient (Wildman–Crippen LogP) is 0.914. The second kappa shape index (κ2) is 3.80. The van der Waals surface area contributed by atoms with Gasteiger partial charge in [0.05, 0.1) is 4.88 Å². The Labute approximate surface area is 70.0 Å². The Morgan fingerprint density at radius 3 is 3.00 bits per heavy atom. The van der Waals surface area contributed by atoms with Crippen molar-refractivity contribution in [1.29, 1.82) is 0 Å². The summed E-state index contributed by atoms with van der Waals surface area (Å²) in [5.74, 6) is 0. The van der Waals surface area contributed by atoms with E-state index in [0.717, 1.165) is 11.3 Å². The zero-order chi connectivity index (χ0) is 8.27. The normalized spacial score (nSPS) is 16.3. The molecule has 0 aromatic carbocycles. The maximum Gasteiger partial charge on any atom is 0.105 e. The van der Waals surface area contributed by atoms with Gasteiger partial charge < -0.3 is 10.8 Å². The van der Waals surface area contributed by atoms with Gasteiger partial charge in [0.15, 0.2) is 0 Å². The number of aromatic nitrogens is 1. The predicted molar refractivity (Wildman–Crippen MR) is 45.3 cm³/mol. The first-order valence-corrected chi connectivity index (χ1v) is 4.37. The average Bonchev–Trinajstić information content (AvgIpc) is 2.53. The van der Waals surface area contributed by atoms with E-state index in [9.17, 15) is 5.11 Å². The lowest BCUT2D eigenvalue weighted by Crippen LogP contribution is -2.26. The molecule has 0 bridgehead atoms. The van der Waals surface area contributed by atoms with Crippen LogP contribution in [0.2, 0.25) is 0 Å². The maximum absolute atomic E-state index is 9.52. The van der Waals surface area contributed by atoms with Crippen LogP contribution in [0.3, 0.4) is 0 Å². The Morgan fingerprint density at radius 1 is 1.82 bits per heavy atom. The summed E-state index contributed by atoms with van der Waals surface area (Å²) in [6.07, 6.45) is 1.90. The van der Waals surface area contributed by atoms with Gasteiger partial charge in [-0.15, -0.1) is 0 Å². The van der Waals surface area contributed by atoms with Crippen molar-refractivity contribution in [2.75, 3.05) is 0 Å². The van der Waals surface area contributed by atoms with Crippen molar-refractivity contribution in [2.24, 2.45) is 5.73 Å². The van der Waals surface area contributed by atoms with Crippen LogP contribution in [0, 0.1) is 0 Å². The molecule has 0 fully saturated rings. The molecule has 0 aliphatic heterocycles. The largest absolute Gasteiger partial charge is 0.386 e. The molecule has 0 saturated heterocycles. The monoisotopic (exact) mass is 172 g/mol. The van der Waals surface area contributed by atoms with Crippen molar-refractivity contribution in [3.63, 3.8) is 0 Å². The van der Waals surface area contributed by atoms with Gasteiger partial charge in [0, 0.05) is 12.2 Å². The van der Waals surface area contributed by atoms with Crippen LogP contribution in [0.4, 0.5) is 0 Å². The first-order chi connectivity index (χ1) is 5.25. The van der Waals surface area contributed by atoms with Crippen molar-refractivity contribution in [2.45, 2.75) is 25.5 Å². The number of hydrogen-bond donors (Lipinski definition) is 2. The smallest absolute Gasteiger partial charge is 0.105 e. The van der Waals surface area contributed by atoms with Gasteiger partial charge in [0.1, 0.15) is 6.10 Å². The van der Waals surface area contributed by atoms with Gasteiger partial charge in [-0.1, -0.05) is 6.92 Å². The number of nitrogens with zero attached hydrogens (tertiary/aromatic N) is 1. The fourth-order valence-corrected chi connectivity index (χ4v) is 1.46. The molecular formula is C7H12N2OS. The molecule has 3 N–H and O–H groups in total. The van der Waals surface area contributed by atoms with Crippen molar-refractivity contribution in [3.8, 4) is 0 Å². The summed E-state index contributed by atoms with van der Waals surface area (Å²) in [7, 11) is 0. The second-order valence-electron chi connectivity index (χ2n) is 2.43.